The van der Waals surface area contributed by atoms with Gasteiger partial charge in [-0.15, -0.1) is 11.6 Å². The maximum absolute atomic E-state index is 11.8. The van der Waals surface area contributed by atoms with Crippen molar-refractivity contribution >= 4 is 17.6 Å². The molecule has 0 unspecified atom stereocenters. The van der Waals surface area contributed by atoms with E-state index in [9.17, 15) is 4.79 Å². The summed E-state index contributed by atoms with van der Waals surface area (Å²) in [5, 5.41) is 0. The van der Waals surface area contributed by atoms with E-state index in [2.05, 4.69) is 9.97 Å². The van der Waals surface area contributed by atoms with Gasteiger partial charge >= 0.3 is 5.97 Å². The minimum atomic E-state index is -0.463. The lowest BCUT2D eigenvalue weighted by atomic mass is 10.2. The van der Waals surface area contributed by atoms with E-state index >= 15 is 0 Å². The number of methoxy groups -OCH3 is 1. The average Bonchev–Trinajstić information content (AvgIpc) is 2.54. The molecule has 0 aliphatic heterocycles. The van der Waals surface area contributed by atoms with Crippen LogP contribution in [0.25, 0.3) is 11.4 Å². The Morgan fingerprint density at radius 2 is 2.00 bits per heavy atom. The third kappa shape index (κ3) is 3.49. The first-order valence-electron chi connectivity index (χ1n) is 6.43. The number of aromatic nitrogens is 2. The monoisotopic (exact) mass is 306 g/mol. The van der Waals surface area contributed by atoms with Gasteiger partial charge in [0.25, 0.3) is 0 Å². The van der Waals surface area contributed by atoms with Crippen molar-refractivity contribution < 1.29 is 14.3 Å². The highest BCUT2D eigenvalue weighted by molar-refractivity contribution is 6.17. The molecule has 0 saturated carbocycles. The van der Waals surface area contributed by atoms with Crippen LogP contribution in [0.4, 0.5) is 0 Å². The molecule has 5 nitrogen and oxygen atoms in total. The van der Waals surface area contributed by atoms with Gasteiger partial charge in [0.15, 0.2) is 5.82 Å². The molecule has 0 radical (unpaired) electrons. The first-order chi connectivity index (χ1) is 10.2. The quantitative estimate of drug-likeness (QED) is 0.627. The average molecular weight is 307 g/mol. The third-order valence-electron chi connectivity index (χ3n) is 2.84. The first kappa shape index (κ1) is 15.3. The molecule has 0 fully saturated rings. The van der Waals surface area contributed by atoms with Gasteiger partial charge in [-0.25, -0.2) is 14.8 Å². The number of benzene rings is 1. The summed E-state index contributed by atoms with van der Waals surface area (Å²) >= 11 is 5.87. The van der Waals surface area contributed by atoms with E-state index in [1.807, 2.05) is 24.3 Å². The van der Waals surface area contributed by atoms with Gasteiger partial charge in [0.1, 0.15) is 11.3 Å². The number of halogens is 1. The number of carbonyl (C=O) groups is 1. The molecular weight excluding hydrogens is 292 g/mol. The zero-order valence-electron chi connectivity index (χ0n) is 11.8. The molecule has 2 rings (SSSR count). The standard InChI is InChI=1S/C15H15ClN2O3/c1-3-21-15(19)12-9-17-14(18-13(12)8-16)10-4-6-11(20-2)7-5-10/h4-7,9H,3,8H2,1-2H3. The Labute approximate surface area is 127 Å². The molecule has 0 amide bonds. The summed E-state index contributed by atoms with van der Waals surface area (Å²) in [5.74, 6) is 0.898. The van der Waals surface area contributed by atoms with Crippen LogP contribution < -0.4 is 4.74 Å². The van der Waals surface area contributed by atoms with Crippen molar-refractivity contribution in [3.05, 3.63) is 41.7 Å². The van der Waals surface area contributed by atoms with Crippen molar-refractivity contribution in [3.63, 3.8) is 0 Å². The normalized spacial score (nSPS) is 10.2. The van der Waals surface area contributed by atoms with Crippen molar-refractivity contribution in [2.45, 2.75) is 12.8 Å². The Bertz CT molecular complexity index is 629. The fourth-order valence-corrected chi connectivity index (χ4v) is 1.98. The van der Waals surface area contributed by atoms with E-state index in [0.29, 0.717) is 23.7 Å². The van der Waals surface area contributed by atoms with Crippen molar-refractivity contribution in [1.82, 2.24) is 9.97 Å². The minimum absolute atomic E-state index is 0.111. The topological polar surface area (TPSA) is 61.3 Å². The highest BCUT2D eigenvalue weighted by Gasteiger charge is 2.15. The largest absolute Gasteiger partial charge is 0.497 e. The lowest BCUT2D eigenvalue weighted by Crippen LogP contribution is -2.10. The zero-order chi connectivity index (χ0) is 15.2. The summed E-state index contributed by atoms with van der Waals surface area (Å²) in [6.45, 7) is 2.03. The molecule has 0 aliphatic rings. The van der Waals surface area contributed by atoms with E-state index < -0.39 is 5.97 Å². The maximum atomic E-state index is 11.8. The van der Waals surface area contributed by atoms with Crippen LogP contribution in [-0.4, -0.2) is 29.7 Å². The number of hydrogen-bond donors (Lipinski definition) is 0. The summed E-state index contributed by atoms with van der Waals surface area (Å²) in [7, 11) is 1.60. The van der Waals surface area contributed by atoms with Crippen molar-refractivity contribution in [3.8, 4) is 17.1 Å². The van der Waals surface area contributed by atoms with Crippen LogP contribution >= 0.6 is 11.6 Å². The lowest BCUT2D eigenvalue weighted by Gasteiger charge is -2.08. The molecule has 21 heavy (non-hydrogen) atoms. The molecule has 0 atom stereocenters. The molecule has 0 bridgehead atoms. The molecule has 1 heterocycles. The van der Waals surface area contributed by atoms with Crippen LogP contribution in [0.1, 0.15) is 23.0 Å². The Balaban J connectivity index is 2.35. The molecule has 0 N–H and O–H groups in total. The second-order valence-electron chi connectivity index (χ2n) is 4.14. The second-order valence-corrected chi connectivity index (χ2v) is 4.40. The Kier molecular flexibility index (Phi) is 5.11. The molecule has 0 spiro atoms. The molecule has 1 aromatic heterocycles. The Hall–Kier alpha value is -2.14. The Morgan fingerprint density at radius 1 is 1.29 bits per heavy atom. The van der Waals surface area contributed by atoms with E-state index in [4.69, 9.17) is 21.1 Å². The van der Waals surface area contributed by atoms with Gasteiger partial charge in [0.2, 0.25) is 0 Å². The number of hydrogen-bond acceptors (Lipinski definition) is 5. The number of alkyl halides is 1. The summed E-state index contributed by atoms with van der Waals surface area (Å²) < 4.78 is 10.1. The van der Waals surface area contributed by atoms with Crippen LogP contribution in [0.5, 0.6) is 5.75 Å². The molecule has 110 valence electrons. The molecule has 1 aromatic carbocycles. The summed E-state index contributed by atoms with van der Waals surface area (Å²) in [4.78, 5) is 20.3. The zero-order valence-corrected chi connectivity index (χ0v) is 12.6. The van der Waals surface area contributed by atoms with Gasteiger partial charge in [-0.2, -0.15) is 0 Å². The van der Waals surface area contributed by atoms with Crippen molar-refractivity contribution in [1.29, 1.82) is 0 Å². The SMILES string of the molecule is CCOC(=O)c1cnc(-c2ccc(OC)cc2)nc1CCl. The van der Waals surface area contributed by atoms with Gasteiger partial charge in [0, 0.05) is 11.8 Å². The van der Waals surface area contributed by atoms with Crippen LogP contribution in [0.15, 0.2) is 30.5 Å². The highest BCUT2D eigenvalue weighted by Crippen LogP contribution is 2.21. The van der Waals surface area contributed by atoms with Gasteiger partial charge in [-0.3, -0.25) is 0 Å². The molecule has 2 aromatic rings. The highest BCUT2D eigenvalue weighted by atomic mass is 35.5. The van der Waals surface area contributed by atoms with E-state index in [-0.39, 0.29) is 5.88 Å². The third-order valence-corrected chi connectivity index (χ3v) is 3.09. The van der Waals surface area contributed by atoms with E-state index in [1.54, 1.807) is 14.0 Å². The summed E-state index contributed by atoms with van der Waals surface area (Å²) in [6, 6.07) is 7.32. The molecule has 0 saturated heterocycles. The molecule has 0 aliphatic carbocycles. The van der Waals surface area contributed by atoms with Crippen LogP contribution in [0.2, 0.25) is 0 Å². The fourth-order valence-electron chi connectivity index (χ4n) is 1.78. The predicted octanol–water partition coefficient (Wildman–Crippen LogP) is 3.07. The molecule has 6 heteroatoms. The number of ether oxygens (including phenoxy) is 2. The van der Waals surface area contributed by atoms with Gasteiger partial charge < -0.3 is 9.47 Å². The number of carbonyl (C=O) groups excluding carboxylic acids is 1. The maximum Gasteiger partial charge on any atom is 0.341 e. The van der Waals surface area contributed by atoms with Crippen LogP contribution in [0, 0.1) is 0 Å². The van der Waals surface area contributed by atoms with Gasteiger partial charge in [0.05, 0.1) is 25.3 Å². The summed E-state index contributed by atoms with van der Waals surface area (Å²) in [5.41, 5.74) is 1.57. The number of rotatable bonds is 5. The van der Waals surface area contributed by atoms with Crippen molar-refractivity contribution in [2.75, 3.05) is 13.7 Å². The molecular formula is C15H15ClN2O3. The van der Waals surface area contributed by atoms with Crippen LogP contribution in [0.3, 0.4) is 0 Å². The smallest absolute Gasteiger partial charge is 0.341 e. The fraction of sp³-hybridized carbons (Fsp3) is 0.267. The van der Waals surface area contributed by atoms with Gasteiger partial charge in [-0.05, 0) is 31.2 Å². The van der Waals surface area contributed by atoms with Gasteiger partial charge in [-0.1, -0.05) is 0 Å². The minimum Gasteiger partial charge on any atom is -0.497 e. The second kappa shape index (κ2) is 7.04. The number of nitrogens with zero attached hydrogens (tertiary/aromatic N) is 2. The predicted molar refractivity (Wildman–Crippen MR) is 79.5 cm³/mol. The lowest BCUT2D eigenvalue weighted by molar-refractivity contribution is 0.0524. The van der Waals surface area contributed by atoms with E-state index in [1.165, 1.54) is 6.20 Å². The van der Waals surface area contributed by atoms with Crippen LogP contribution in [-0.2, 0) is 10.6 Å². The first-order valence-corrected chi connectivity index (χ1v) is 6.96. The Morgan fingerprint density at radius 3 is 2.57 bits per heavy atom. The summed E-state index contributed by atoms with van der Waals surface area (Å²) in [6.07, 6.45) is 1.45. The van der Waals surface area contributed by atoms with Crippen molar-refractivity contribution in [2.24, 2.45) is 0 Å². The van der Waals surface area contributed by atoms with E-state index in [0.717, 1.165) is 11.3 Å². The number of esters is 1.